The molecule has 19 heavy (non-hydrogen) atoms. The second-order valence-electron chi connectivity index (χ2n) is 3.92. The Hall–Kier alpha value is -1.12. The molecule has 2 aromatic rings. The van der Waals surface area contributed by atoms with Crippen LogP contribution >= 0.6 is 23.4 Å². The predicted molar refractivity (Wildman–Crippen MR) is 74.1 cm³/mol. The fourth-order valence-corrected chi connectivity index (χ4v) is 2.91. The number of tetrazole rings is 1. The summed E-state index contributed by atoms with van der Waals surface area (Å²) < 4.78 is 3.60. The minimum atomic E-state index is 0.505. The summed E-state index contributed by atoms with van der Waals surface area (Å²) in [6, 6.07) is 0. The molecule has 0 aliphatic heterocycles. The molecule has 0 aliphatic rings. The number of hydrogen-bond donors (Lipinski definition) is 1. The molecule has 0 spiro atoms. The van der Waals surface area contributed by atoms with Gasteiger partial charge in [-0.1, -0.05) is 23.4 Å². The van der Waals surface area contributed by atoms with Crippen molar-refractivity contribution in [3.63, 3.8) is 0 Å². The second kappa shape index (κ2) is 6.36. The Kier molecular flexibility index (Phi) is 4.78. The van der Waals surface area contributed by atoms with E-state index in [9.17, 15) is 0 Å². The highest BCUT2D eigenvalue weighted by Crippen LogP contribution is 2.27. The van der Waals surface area contributed by atoms with Gasteiger partial charge in [-0.2, -0.15) is 5.10 Å². The van der Waals surface area contributed by atoms with Crippen LogP contribution in [-0.2, 0) is 18.8 Å². The first kappa shape index (κ1) is 14.3. The van der Waals surface area contributed by atoms with Crippen LogP contribution in [0.2, 0.25) is 5.02 Å². The van der Waals surface area contributed by atoms with Crippen molar-refractivity contribution in [3.8, 4) is 0 Å². The Bertz CT molecular complexity index is 550. The first-order valence-corrected chi connectivity index (χ1v) is 7.34. The van der Waals surface area contributed by atoms with Crippen molar-refractivity contribution >= 4 is 23.4 Å². The van der Waals surface area contributed by atoms with Crippen LogP contribution in [0.1, 0.15) is 18.3 Å². The third kappa shape index (κ3) is 3.07. The molecule has 0 aromatic carbocycles. The smallest absolute Gasteiger partial charge is 0.209 e. The molecule has 2 heterocycles. The van der Waals surface area contributed by atoms with Crippen LogP contribution in [0.4, 0.5) is 0 Å². The van der Waals surface area contributed by atoms with E-state index < -0.39 is 0 Å². The zero-order valence-electron chi connectivity index (χ0n) is 10.9. The van der Waals surface area contributed by atoms with Crippen molar-refractivity contribution in [2.24, 2.45) is 5.73 Å². The zero-order chi connectivity index (χ0) is 13.8. The van der Waals surface area contributed by atoms with Crippen LogP contribution in [0.5, 0.6) is 0 Å². The average molecular weight is 302 g/mol. The summed E-state index contributed by atoms with van der Waals surface area (Å²) in [5, 5.41) is 17.4. The molecule has 104 valence electrons. The lowest BCUT2D eigenvalue weighted by Gasteiger charge is -2.05. The summed E-state index contributed by atoms with van der Waals surface area (Å²) in [4.78, 5) is 0. The molecule has 2 aromatic heterocycles. The third-order valence-corrected chi connectivity index (χ3v) is 4.09. The lowest BCUT2D eigenvalue weighted by Crippen LogP contribution is -2.12. The van der Waals surface area contributed by atoms with E-state index in [4.69, 9.17) is 17.3 Å². The van der Waals surface area contributed by atoms with Gasteiger partial charge in [0.2, 0.25) is 5.16 Å². The van der Waals surface area contributed by atoms with Crippen LogP contribution in [-0.4, -0.2) is 36.5 Å². The number of halogens is 1. The minimum Gasteiger partial charge on any atom is -0.329 e. The van der Waals surface area contributed by atoms with Crippen LogP contribution in [0.25, 0.3) is 0 Å². The van der Waals surface area contributed by atoms with Crippen molar-refractivity contribution in [2.75, 3.05) is 6.54 Å². The normalized spacial score (nSPS) is 11.2. The van der Waals surface area contributed by atoms with Crippen molar-refractivity contribution < 1.29 is 0 Å². The van der Waals surface area contributed by atoms with E-state index in [0.717, 1.165) is 23.1 Å². The van der Waals surface area contributed by atoms with Crippen molar-refractivity contribution in [1.29, 1.82) is 0 Å². The summed E-state index contributed by atoms with van der Waals surface area (Å²) in [6.45, 7) is 5.84. The third-order valence-electron chi connectivity index (χ3n) is 2.63. The van der Waals surface area contributed by atoms with Crippen LogP contribution < -0.4 is 5.73 Å². The first-order chi connectivity index (χ1) is 9.17. The molecular weight excluding hydrogens is 286 g/mol. The van der Waals surface area contributed by atoms with Gasteiger partial charge in [-0.05, 0) is 24.3 Å². The SMILES string of the molecule is CCn1nc(C)c(Cl)c1CSc1nnnn1CCN. The summed E-state index contributed by atoms with van der Waals surface area (Å²) in [7, 11) is 0. The van der Waals surface area contributed by atoms with Gasteiger partial charge in [0, 0.05) is 18.8 Å². The predicted octanol–water partition coefficient (Wildman–Crippen LogP) is 1.10. The van der Waals surface area contributed by atoms with Crippen molar-refractivity contribution in [2.45, 2.75) is 37.8 Å². The van der Waals surface area contributed by atoms with Crippen LogP contribution in [0, 0.1) is 6.92 Å². The highest BCUT2D eigenvalue weighted by atomic mass is 35.5. The van der Waals surface area contributed by atoms with Crippen LogP contribution in [0.15, 0.2) is 5.16 Å². The lowest BCUT2D eigenvalue weighted by molar-refractivity contribution is 0.556. The fourth-order valence-electron chi connectivity index (χ4n) is 1.70. The minimum absolute atomic E-state index is 0.505. The number of aryl methyl sites for hydroxylation is 2. The van der Waals surface area contributed by atoms with Gasteiger partial charge in [0.15, 0.2) is 0 Å². The zero-order valence-corrected chi connectivity index (χ0v) is 12.4. The van der Waals surface area contributed by atoms with Gasteiger partial charge in [-0.15, -0.1) is 5.10 Å². The van der Waals surface area contributed by atoms with E-state index in [1.807, 2.05) is 18.5 Å². The Balaban J connectivity index is 2.12. The maximum absolute atomic E-state index is 6.26. The number of rotatable bonds is 6. The quantitative estimate of drug-likeness (QED) is 0.804. The van der Waals surface area contributed by atoms with Gasteiger partial charge >= 0.3 is 0 Å². The summed E-state index contributed by atoms with van der Waals surface area (Å²) in [6.07, 6.45) is 0. The summed E-state index contributed by atoms with van der Waals surface area (Å²) in [5.74, 6) is 0.679. The molecular formula is C10H16ClN7S. The van der Waals surface area contributed by atoms with Crippen LogP contribution in [0.3, 0.4) is 0 Å². The van der Waals surface area contributed by atoms with Gasteiger partial charge in [-0.25, -0.2) is 4.68 Å². The fraction of sp³-hybridized carbons (Fsp3) is 0.600. The Morgan fingerprint density at radius 3 is 2.84 bits per heavy atom. The molecule has 0 unspecified atom stereocenters. The topological polar surface area (TPSA) is 87.4 Å². The monoisotopic (exact) mass is 301 g/mol. The number of thioether (sulfide) groups is 1. The lowest BCUT2D eigenvalue weighted by atomic mass is 10.4. The van der Waals surface area contributed by atoms with Gasteiger partial charge < -0.3 is 5.73 Å². The Labute approximate surface area is 120 Å². The highest BCUT2D eigenvalue weighted by Gasteiger charge is 2.14. The second-order valence-corrected chi connectivity index (χ2v) is 5.24. The average Bonchev–Trinajstić information content (AvgIpc) is 2.94. The van der Waals surface area contributed by atoms with Crippen molar-refractivity contribution in [3.05, 3.63) is 16.4 Å². The summed E-state index contributed by atoms with van der Waals surface area (Å²) >= 11 is 7.79. The van der Waals surface area contributed by atoms with E-state index in [-0.39, 0.29) is 0 Å². The molecule has 7 nitrogen and oxygen atoms in total. The molecule has 0 atom stereocenters. The molecule has 9 heteroatoms. The molecule has 0 radical (unpaired) electrons. The van der Waals surface area contributed by atoms with Crippen molar-refractivity contribution in [1.82, 2.24) is 30.0 Å². The molecule has 0 bridgehead atoms. The molecule has 0 saturated heterocycles. The Morgan fingerprint density at radius 2 is 2.16 bits per heavy atom. The van der Waals surface area contributed by atoms with Gasteiger partial charge in [0.25, 0.3) is 0 Å². The number of aromatic nitrogens is 6. The van der Waals surface area contributed by atoms with Gasteiger partial charge in [0.1, 0.15) is 0 Å². The molecule has 2 N–H and O–H groups in total. The molecule has 0 aliphatic carbocycles. The standard InChI is InChI=1S/C10H16ClN7S/c1-3-17-8(9(11)7(2)14-17)6-19-10-13-15-16-18(10)5-4-12/h3-6,12H2,1-2H3. The molecule has 0 saturated carbocycles. The largest absolute Gasteiger partial charge is 0.329 e. The Morgan fingerprint density at radius 1 is 1.37 bits per heavy atom. The van der Waals surface area contributed by atoms with E-state index in [1.165, 1.54) is 11.8 Å². The number of hydrogen-bond acceptors (Lipinski definition) is 6. The number of nitrogens with zero attached hydrogens (tertiary/aromatic N) is 6. The first-order valence-electron chi connectivity index (χ1n) is 5.98. The molecule has 0 amide bonds. The van der Waals surface area contributed by atoms with E-state index >= 15 is 0 Å². The van der Waals surface area contributed by atoms with Gasteiger partial charge in [0.05, 0.1) is 23.0 Å². The van der Waals surface area contributed by atoms with E-state index in [0.29, 0.717) is 23.9 Å². The number of nitrogens with two attached hydrogens (primary N) is 1. The maximum atomic E-state index is 6.26. The molecule has 2 rings (SSSR count). The van der Waals surface area contributed by atoms with Gasteiger partial charge in [-0.3, -0.25) is 4.68 Å². The molecule has 0 fully saturated rings. The summed E-state index contributed by atoms with van der Waals surface area (Å²) in [5.41, 5.74) is 7.35. The maximum Gasteiger partial charge on any atom is 0.209 e. The highest BCUT2D eigenvalue weighted by molar-refractivity contribution is 7.98. The van der Waals surface area contributed by atoms with E-state index in [1.54, 1.807) is 4.68 Å². The van der Waals surface area contributed by atoms with E-state index in [2.05, 4.69) is 20.6 Å².